The Hall–Kier alpha value is -2.70. The molecule has 1 fully saturated rings. The SMILES string of the molecule is O=c1cc2c(nn1CC1CCCN1c1nc3cc(F)ccc3o1)CCC2. The van der Waals surface area contributed by atoms with Gasteiger partial charge in [-0.15, -0.1) is 0 Å². The number of oxazole rings is 1. The zero-order valence-electron chi connectivity index (χ0n) is 14.3. The standard InChI is InChI=1S/C19H19FN4O2/c20-13-6-7-17-16(10-13)21-19(26-17)23-8-2-4-14(23)11-24-18(25)9-12-3-1-5-15(12)22-24/h6-7,9-10,14H,1-5,8,11H2. The van der Waals surface area contributed by atoms with E-state index in [0.29, 0.717) is 23.7 Å². The molecule has 1 unspecified atom stereocenters. The van der Waals surface area contributed by atoms with E-state index < -0.39 is 0 Å². The fourth-order valence-corrected chi connectivity index (χ4v) is 4.06. The highest BCUT2D eigenvalue weighted by atomic mass is 19.1. The fourth-order valence-electron chi connectivity index (χ4n) is 4.06. The number of fused-ring (bicyclic) bond motifs is 2. The third-order valence-corrected chi connectivity index (χ3v) is 5.37. The molecule has 1 aliphatic carbocycles. The molecule has 26 heavy (non-hydrogen) atoms. The van der Waals surface area contributed by atoms with Gasteiger partial charge in [-0.05, 0) is 49.8 Å². The summed E-state index contributed by atoms with van der Waals surface area (Å²) in [5.74, 6) is -0.329. The van der Waals surface area contributed by atoms with E-state index in [9.17, 15) is 9.18 Å². The maximum atomic E-state index is 13.4. The largest absolute Gasteiger partial charge is 0.423 e. The average Bonchev–Trinajstić information content (AvgIpc) is 3.33. The van der Waals surface area contributed by atoms with Crippen LogP contribution < -0.4 is 10.5 Å². The molecule has 0 radical (unpaired) electrons. The number of anilines is 1. The molecule has 3 aromatic rings. The number of rotatable bonds is 3. The van der Waals surface area contributed by atoms with Crippen molar-refractivity contribution in [3.8, 4) is 0 Å². The first-order chi connectivity index (χ1) is 12.7. The van der Waals surface area contributed by atoms with Gasteiger partial charge in [0.05, 0.1) is 18.3 Å². The van der Waals surface area contributed by atoms with Crippen molar-refractivity contribution in [2.45, 2.75) is 44.7 Å². The van der Waals surface area contributed by atoms with E-state index in [1.54, 1.807) is 16.8 Å². The van der Waals surface area contributed by atoms with Gasteiger partial charge in [-0.1, -0.05) is 0 Å². The van der Waals surface area contributed by atoms with Crippen LogP contribution >= 0.6 is 0 Å². The number of aryl methyl sites for hydroxylation is 2. The van der Waals surface area contributed by atoms with Crippen molar-refractivity contribution >= 4 is 17.1 Å². The van der Waals surface area contributed by atoms with Gasteiger partial charge in [-0.3, -0.25) is 4.79 Å². The quantitative estimate of drug-likeness (QED) is 0.724. The van der Waals surface area contributed by atoms with Crippen LogP contribution in [0, 0.1) is 5.82 Å². The van der Waals surface area contributed by atoms with Gasteiger partial charge in [0, 0.05) is 18.7 Å². The van der Waals surface area contributed by atoms with Gasteiger partial charge < -0.3 is 9.32 Å². The van der Waals surface area contributed by atoms with E-state index in [1.165, 1.54) is 12.1 Å². The summed E-state index contributed by atoms with van der Waals surface area (Å²) in [5.41, 5.74) is 3.18. The first-order valence-corrected chi connectivity index (χ1v) is 9.10. The minimum absolute atomic E-state index is 0.0443. The Morgan fingerprint density at radius 2 is 2.15 bits per heavy atom. The third kappa shape index (κ3) is 2.58. The molecule has 1 aromatic carbocycles. The fraction of sp³-hybridized carbons (Fsp3) is 0.421. The van der Waals surface area contributed by atoms with Gasteiger partial charge in [0.2, 0.25) is 0 Å². The smallest absolute Gasteiger partial charge is 0.298 e. The molecule has 0 bridgehead atoms. The van der Waals surface area contributed by atoms with Gasteiger partial charge >= 0.3 is 0 Å². The monoisotopic (exact) mass is 354 g/mol. The Kier molecular flexibility index (Phi) is 3.55. The minimum Gasteiger partial charge on any atom is -0.423 e. The van der Waals surface area contributed by atoms with Crippen molar-refractivity contribution in [1.29, 1.82) is 0 Å². The molecule has 3 heterocycles. The summed E-state index contributed by atoms with van der Waals surface area (Å²) in [5, 5.41) is 4.58. The molecule has 134 valence electrons. The number of halogens is 1. The second-order valence-corrected chi connectivity index (χ2v) is 7.09. The maximum absolute atomic E-state index is 13.4. The van der Waals surface area contributed by atoms with Crippen molar-refractivity contribution < 1.29 is 8.81 Å². The van der Waals surface area contributed by atoms with Gasteiger partial charge in [0.15, 0.2) is 5.58 Å². The minimum atomic E-state index is -0.329. The Morgan fingerprint density at radius 3 is 3.08 bits per heavy atom. The highest BCUT2D eigenvalue weighted by molar-refractivity contribution is 5.74. The molecule has 0 N–H and O–H groups in total. The number of hydrogen-bond acceptors (Lipinski definition) is 5. The number of benzene rings is 1. The Bertz CT molecular complexity index is 1040. The first-order valence-electron chi connectivity index (χ1n) is 9.10. The summed E-state index contributed by atoms with van der Waals surface area (Å²) >= 11 is 0. The second-order valence-electron chi connectivity index (χ2n) is 7.09. The van der Waals surface area contributed by atoms with E-state index >= 15 is 0 Å². The van der Waals surface area contributed by atoms with Crippen molar-refractivity contribution in [1.82, 2.24) is 14.8 Å². The zero-order valence-corrected chi connectivity index (χ0v) is 14.3. The van der Waals surface area contributed by atoms with Crippen molar-refractivity contribution in [3.63, 3.8) is 0 Å². The van der Waals surface area contributed by atoms with Crippen molar-refractivity contribution in [2.75, 3.05) is 11.4 Å². The Labute approximate surface area is 149 Å². The Morgan fingerprint density at radius 1 is 1.23 bits per heavy atom. The summed E-state index contributed by atoms with van der Waals surface area (Å²) in [6.07, 6.45) is 4.91. The van der Waals surface area contributed by atoms with Gasteiger partial charge in [-0.25, -0.2) is 9.07 Å². The zero-order chi connectivity index (χ0) is 17.7. The molecule has 2 aromatic heterocycles. The van der Waals surface area contributed by atoms with Gasteiger partial charge in [-0.2, -0.15) is 10.1 Å². The summed E-state index contributed by atoms with van der Waals surface area (Å²) < 4.78 is 20.8. The van der Waals surface area contributed by atoms with Gasteiger partial charge in [0.25, 0.3) is 11.6 Å². The van der Waals surface area contributed by atoms with Crippen LogP contribution in [0.4, 0.5) is 10.4 Å². The normalized spacial score (nSPS) is 19.4. The van der Waals surface area contributed by atoms with Gasteiger partial charge in [0.1, 0.15) is 11.3 Å². The molecule has 6 nitrogen and oxygen atoms in total. The Balaban J connectivity index is 1.44. The second kappa shape index (κ2) is 5.93. The first kappa shape index (κ1) is 15.5. The lowest BCUT2D eigenvalue weighted by molar-refractivity contribution is 0.461. The van der Waals surface area contributed by atoms with Crippen LogP contribution in [0.2, 0.25) is 0 Å². The molecule has 0 spiro atoms. The average molecular weight is 354 g/mol. The summed E-state index contributed by atoms with van der Waals surface area (Å²) in [6, 6.07) is 6.66. The third-order valence-electron chi connectivity index (χ3n) is 5.37. The van der Waals surface area contributed by atoms with Crippen LogP contribution in [0.3, 0.4) is 0 Å². The molecular formula is C19H19FN4O2. The molecule has 1 saturated heterocycles. The van der Waals surface area contributed by atoms with E-state index in [-0.39, 0.29) is 17.4 Å². The molecule has 0 saturated carbocycles. The van der Waals surface area contributed by atoms with Crippen LogP contribution in [0.25, 0.3) is 11.1 Å². The van der Waals surface area contributed by atoms with Crippen LogP contribution in [-0.2, 0) is 19.4 Å². The van der Waals surface area contributed by atoms with Crippen LogP contribution in [0.5, 0.6) is 0 Å². The highest BCUT2D eigenvalue weighted by Gasteiger charge is 2.29. The summed E-state index contributed by atoms with van der Waals surface area (Å²) in [7, 11) is 0. The lowest BCUT2D eigenvalue weighted by Gasteiger charge is -2.23. The lowest BCUT2D eigenvalue weighted by Crippen LogP contribution is -2.37. The van der Waals surface area contributed by atoms with Crippen molar-refractivity contribution in [2.24, 2.45) is 0 Å². The predicted molar refractivity (Wildman–Crippen MR) is 94.9 cm³/mol. The number of hydrogen-bond donors (Lipinski definition) is 0. The predicted octanol–water partition coefficient (Wildman–Crippen LogP) is 2.68. The van der Waals surface area contributed by atoms with Crippen molar-refractivity contribution in [3.05, 3.63) is 51.7 Å². The maximum Gasteiger partial charge on any atom is 0.298 e. The molecule has 5 rings (SSSR count). The van der Waals surface area contributed by atoms with Crippen LogP contribution in [0.1, 0.15) is 30.5 Å². The van der Waals surface area contributed by atoms with Crippen LogP contribution in [0.15, 0.2) is 33.5 Å². The molecular weight excluding hydrogens is 335 g/mol. The van der Waals surface area contributed by atoms with E-state index in [1.807, 2.05) is 0 Å². The molecule has 0 amide bonds. The summed E-state index contributed by atoms with van der Waals surface area (Å²) in [6.45, 7) is 1.32. The molecule has 1 aliphatic heterocycles. The number of aromatic nitrogens is 3. The van der Waals surface area contributed by atoms with Crippen LogP contribution in [-0.4, -0.2) is 27.4 Å². The van der Waals surface area contributed by atoms with E-state index in [2.05, 4.69) is 15.0 Å². The van der Waals surface area contributed by atoms with E-state index in [0.717, 1.165) is 49.9 Å². The topological polar surface area (TPSA) is 64.2 Å². The molecule has 2 aliphatic rings. The lowest BCUT2D eigenvalue weighted by atomic mass is 10.2. The summed E-state index contributed by atoms with van der Waals surface area (Å²) in [4.78, 5) is 18.9. The van der Waals surface area contributed by atoms with E-state index in [4.69, 9.17) is 4.42 Å². The number of nitrogens with zero attached hydrogens (tertiary/aromatic N) is 4. The molecule has 1 atom stereocenters. The molecule has 7 heteroatoms. The highest BCUT2D eigenvalue weighted by Crippen LogP contribution is 2.29.